The molecule has 1 aromatic carbocycles. The van der Waals surface area contributed by atoms with Gasteiger partial charge in [0.2, 0.25) is 10.0 Å². The van der Waals surface area contributed by atoms with Crippen molar-refractivity contribution in [2.45, 2.75) is 24.2 Å². The standard InChI is InChI=1S/C12H15Br2NO3S/c1-18-11-8-12(10(14)7-9(11)13)19(16,17)15-5-3-2-4-6-15/h7-8H,2-6H2,1H3. The Morgan fingerprint density at radius 3 is 2.32 bits per heavy atom. The average molecular weight is 413 g/mol. The molecule has 1 aliphatic heterocycles. The van der Waals surface area contributed by atoms with Crippen LogP contribution in [0.2, 0.25) is 0 Å². The molecular weight excluding hydrogens is 398 g/mol. The van der Waals surface area contributed by atoms with Gasteiger partial charge in [-0.15, -0.1) is 0 Å². The number of benzene rings is 1. The Morgan fingerprint density at radius 2 is 1.74 bits per heavy atom. The summed E-state index contributed by atoms with van der Waals surface area (Å²) in [6, 6.07) is 3.26. The molecule has 0 saturated carbocycles. The van der Waals surface area contributed by atoms with E-state index in [1.54, 1.807) is 16.4 Å². The predicted octanol–water partition coefficient (Wildman–Crippen LogP) is 3.39. The monoisotopic (exact) mass is 411 g/mol. The third kappa shape index (κ3) is 3.15. The molecule has 0 aromatic heterocycles. The number of nitrogens with zero attached hydrogens (tertiary/aromatic N) is 1. The van der Waals surface area contributed by atoms with Crippen LogP contribution in [0, 0.1) is 0 Å². The van der Waals surface area contributed by atoms with Gasteiger partial charge in [0.15, 0.2) is 0 Å². The molecule has 106 valence electrons. The van der Waals surface area contributed by atoms with Crippen LogP contribution in [0.4, 0.5) is 0 Å². The Hall–Kier alpha value is -0.110. The number of ether oxygens (including phenoxy) is 1. The van der Waals surface area contributed by atoms with Gasteiger partial charge in [0.1, 0.15) is 10.6 Å². The Morgan fingerprint density at radius 1 is 1.11 bits per heavy atom. The lowest BCUT2D eigenvalue weighted by Crippen LogP contribution is -2.35. The quantitative estimate of drug-likeness (QED) is 0.764. The third-order valence-corrected chi connectivity index (χ3v) is 6.62. The van der Waals surface area contributed by atoms with E-state index in [2.05, 4.69) is 31.9 Å². The summed E-state index contributed by atoms with van der Waals surface area (Å²) in [7, 11) is -1.94. The number of hydrogen-bond donors (Lipinski definition) is 0. The normalized spacial score (nSPS) is 17.4. The molecule has 1 heterocycles. The lowest BCUT2D eigenvalue weighted by atomic mass is 10.2. The van der Waals surface area contributed by atoms with Gasteiger partial charge in [0.25, 0.3) is 0 Å². The Kier molecular flexibility index (Phi) is 4.92. The highest BCUT2D eigenvalue weighted by Crippen LogP contribution is 2.35. The minimum absolute atomic E-state index is 0.259. The summed E-state index contributed by atoms with van der Waals surface area (Å²) in [5, 5.41) is 0. The number of hydrogen-bond acceptors (Lipinski definition) is 3. The van der Waals surface area contributed by atoms with Gasteiger partial charge < -0.3 is 4.74 Å². The maximum absolute atomic E-state index is 12.6. The van der Waals surface area contributed by atoms with Crippen molar-refractivity contribution in [2.75, 3.05) is 20.2 Å². The molecule has 0 bridgehead atoms. The fraction of sp³-hybridized carbons (Fsp3) is 0.500. The van der Waals surface area contributed by atoms with Crippen molar-refractivity contribution in [3.63, 3.8) is 0 Å². The van der Waals surface area contributed by atoms with E-state index in [0.29, 0.717) is 23.3 Å². The van der Waals surface area contributed by atoms with E-state index in [1.807, 2.05) is 0 Å². The zero-order valence-electron chi connectivity index (χ0n) is 10.5. The second-order valence-corrected chi connectivity index (χ2v) is 8.00. The first kappa shape index (κ1) is 15.3. The van der Waals surface area contributed by atoms with Crippen molar-refractivity contribution in [2.24, 2.45) is 0 Å². The number of rotatable bonds is 3. The van der Waals surface area contributed by atoms with Gasteiger partial charge in [-0.1, -0.05) is 6.42 Å². The largest absolute Gasteiger partial charge is 0.496 e. The maximum Gasteiger partial charge on any atom is 0.244 e. The fourth-order valence-corrected chi connectivity index (χ4v) is 5.46. The lowest BCUT2D eigenvalue weighted by molar-refractivity contribution is 0.346. The van der Waals surface area contributed by atoms with E-state index in [9.17, 15) is 8.42 Å². The molecule has 2 rings (SSSR count). The zero-order valence-corrected chi connectivity index (χ0v) is 14.5. The second kappa shape index (κ2) is 6.11. The summed E-state index contributed by atoms with van der Waals surface area (Å²) in [6.45, 7) is 1.18. The summed E-state index contributed by atoms with van der Waals surface area (Å²) in [4.78, 5) is 0.259. The number of piperidine rings is 1. The van der Waals surface area contributed by atoms with E-state index in [4.69, 9.17) is 4.74 Å². The van der Waals surface area contributed by atoms with Gasteiger partial charge in [-0.3, -0.25) is 0 Å². The first-order valence-corrected chi connectivity index (χ1v) is 9.02. The summed E-state index contributed by atoms with van der Waals surface area (Å²) >= 11 is 6.66. The van der Waals surface area contributed by atoms with Crippen molar-refractivity contribution in [3.8, 4) is 5.75 Å². The van der Waals surface area contributed by atoms with Crippen molar-refractivity contribution in [1.29, 1.82) is 0 Å². The van der Waals surface area contributed by atoms with E-state index in [1.165, 1.54) is 7.11 Å². The minimum Gasteiger partial charge on any atom is -0.496 e. The van der Waals surface area contributed by atoms with Crippen molar-refractivity contribution < 1.29 is 13.2 Å². The molecule has 1 saturated heterocycles. The van der Waals surface area contributed by atoms with Crippen LogP contribution in [0.1, 0.15) is 19.3 Å². The van der Waals surface area contributed by atoms with E-state index >= 15 is 0 Å². The molecule has 0 atom stereocenters. The molecule has 0 aliphatic carbocycles. The lowest BCUT2D eigenvalue weighted by Gasteiger charge is -2.26. The molecule has 0 N–H and O–H groups in total. The van der Waals surface area contributed by atoms with Crippen LogP contribution in [0.5, 0.6) is 5.75 Å². The van der Waals surface area contributed by atoms with Crippen LogP contribution in [0.15, 0.2) is 26.0 Å². The van der Waals surface area contributed by atoms with Crippen LogP contribution in [-0.2, 0) is 10.0 Å². The van der Waals surface area contributed by atoms with E-state index in [0.717, 1.165) is 23.7 Å². The van der Waals surface area contributed by atoms with E-state index in [-0.39, 0.29) is 4.90 Å². The SMILES string of the molecule is COc1cc(S(=O)(=O)N2CCCCC2)c(Br)cc1Br. The first-order valence-electron chi connectivity index (χ1n) is 6.00. The second-order valence-electron chi connectivity index (χ2n) is 4.38. The van der Waals surface area contributed by atoms with Crippen molar-refractivity contribution in [3.05, 3.63) is 21.1 Å². The maximum atomic E-state index is 12.6. The molecule has 0 spiro atoms. The number of methoxy groups -OCH3 is 1. The zero-order chi connectivity index (χ0) is 14.0. The topological polar surface area (TPSA) is 46.6 Å². The molecule has 0 amide bonds. The highest BCUT2D eigenvalue weighted by atomic mass is 79.9. The van der Waals surface area contributed by atoms with Gasteiger partial charge in [0, 0.05) is 23.6 Å². The first-order chi connectivity index (χ1) is 8.96. The molecule has 1 aromatic rings. The van der Waals surface area contributed by atoms with Gasteiger partial charge in [-0.25, -0.2) is 8.42 Å². The highest BCUT2D eigenvalue weighted by molar-refractivity contribution is 9.11. The molecule has 1 aliphatic rings. The molecule has 19 heavy (non-hydrogen) atoms. The van der Waals surface area contributed by atoms with Gasteiger partial charge in [-0.2, -0.15) is 4.31 Å². The van der Waals surface area contributed by atoms with Crippen LogP contribution < -0.4 is 4.74 Å². The molecular formula is C12H15Br2NO3S. The molecule has 0 radical (unpaired) electrons. The van der Waals surface area contributed by atoms with Gasteiger partial charge >= 0.3 is 0 Å². The van der Waals surface area contributed by atoms with Crippen LogP contribution in [0.25, 0.3) is 0 Å². The molecule has 0 unspecified atom stereocenters. The number of sulfonamides is 1. The summed E-state index contributed by atoms with van der Waals surface area (Å²) in [5.74, 6) is 0.513. The van der Waals surface area contributed by atoms with Crippen LogP contribution >= 0.6 is 31.9 Å². The van der Waals surface area contributed by atoms with Crippen LogP contribution in [-0.4, -0.2) is 32.9 Å². The van der Waals surface area contributed by atoms with E-state index < -0.39 is 10.0 Å². The van der Waals surface area contributed by atoms with Gasteiger partial charge in [0.05, 0.1) is 11.6 Å². The Labute approximate surface area is 130 Å². The van der Waals surface area contributed by atoms with Crippen LogP contribution in [0.3, 0.4) is 0 Å². The fourth-order valence-electron chi connectivity index (χ4n) is 2.11. The van der Waals surface area contributed by atoms with Crippen molar-refractivity contribution in [1.82, 2.24) is 4.31 Å². The molecule has 4 nitrogen and oxygen atoms in total. The molecule has 1 fully saturated rings. The summed E-state index contributed by atoms with van der Waals surface area (Å²) in [6.07, 6.45) is 2.94. The highest BCUT2D eigenvalue weighted by Gasteiger charge is 2.28. The van der Waals surface area contributed by atoms with Crippen molar-refractivity contribution >= 4 is 41.9 Å². The Bertz CT molecular complexity index is 569. The molecule has 7 heteroatoms. The third-order valence-electron chi connectivity index (χ3n) is 3.14. The Balaban J connectivity index is 2.44. The summed E-state index contributed by atoms with van der Waals surface area (Å²) in [5.41, 5.74) is 0. The smallest absolute Gasteiger partial charge is 0.244 e. The van der Waals surface area contributed by atoms with Gasteiger partial charge in [-0.05, 0) is 50.8 Å². The summed E-state index contributed by atoms with van der Waals surface area (Å²) < 4.78 is 33.2. The number of halogens is 2. The predicted molar refractivity (Wildman–Crippen MR) is 81.0 cm³/mol. The minimum atomic E-state index is -3.46. The average Bonchev–Trinajstić information content (AvgIpc) is 2.39.